The van der Waals surface area contributed by atoms with E-state index in [4.69, 9.17) is 9.97 Å². The highest BCUT2D eigenvalue weighted by Gasteiger charge is 2.40. The van der Waals surface area contributed by atoms with Crippen molar-refractivity contribution in [2.75, 3.05) is 4.90 Å². The van der Waals surface area contributed by atoms with Crippen molar-refractivity contribution in [1.82, 2.24) is 9.97 Å². The number of hydrogen-bond acceptors (Lipinski definition) is 3. The second kappa shape index (κ2) is 10.6. The molecule has 2 bridgehead atoms. The molecule has 5 aromatic rings. The van der Waals surface area contributed by atoms with Gasteiger partial charge in [-0.1, -0.05) is 66.1 Å². The Morgan fingerprint density at radius 1 is 0.634 bits per heavy atom. The Bertz CT molecular complexity index is 1600. The molecule has 2 aliphatic carbocycles. The maximum absolute atomic E-state index is 4.91. The molecule has 3 unspecified atom stereocenters. The van der Waals surface area contributed by atoms with Crippen LogP contribution in [0.25, 0.3) is 22.5 Å². The van der Waals surface area contributed by atoms with Gasteiger partial charge in [-0.25, -0.2) is 0 Å². The molecule has 7 rings (SSSR count). The van der Waals surface area contributed by atoms with E-state index in [0.29, 0.717) is 0 Å². The molecule has 0 amide bonds. The van der Waals surface area contributed by atoms with Crippen molar-refractivity contribution in [2.24, 2.45) is 11.8 Å². The first-order valence-corrected chi connectivity index (χ1v) is 15.0. The lowest BCUT2D eigenvalue weighted by atomic mass is 9.83. The van der Waals surface area contributed by atoms with E-state index in [9.17, 15) is 0 Å². The third-order valence-corrected chi connectivity index (χ3v) is 9.27. The number of pyridine rings is 2. The van der Waals surface area contributed by atoms with Crippen LogP contribution in [0.1, 0.15) is 53.9 Å². The van der Waals surface area contributed by atoms with E-state index in [-0.39, 0.29) is 0 Å². The Labute approximate surface area is 243 Å². The van der Waals surface area contributed by atoms with Crippen LogP contribution in [0.2, 0.25) is 0 Å². The zero-order valence-corrected chi connectivity index (χ0v) is 24.2. The van der Waals surface area contributed by atoms with Gasteiger partial charge in [0.1, 0.15) is 0 Å². The number of rotatable bonds is 6. The van der Waals surface area contributed by atoms with E-state index < -0.39 is 0 Å². The van der Waals surface area contributed by atoms with Gasteiger partial charge in [0.05, 0.1) is 35.2 Å². The average molecular weight is 536 g/mol. The Hall–Kier alpha value is -4.24. The molecule has 3 nitrogen and oxygen atoms in total. The van der Waals surface area contributed by atoms with Crippen LogP contribution in [0.4, 0.5) is 17.1 Å². The average Bonchev–Trinajstić information content (AvgIpc) is 3.63. The summed E-state index contributed by atoms with van der Waals surface area (Å²) in [5.41, 5.74) is 12.7. The van der Waals surface area contributed by atoms with Crippen molar-refractivity contribution < 1.29 is 0 Å². The van der Waals surface area contributed by atoms with Crippen LogP contribution in [0.3, 0.4) is 0 Å². The summed E-state index contributed by atoms with van der Waals surface area (Å²) in [5, 5.41) is 0. The molecule has 3 aromatic carbocycles. The maximum Gasteiger partial charge on any atom is 0.0703 e. The van der Waals surface area contributed by atoms with Crippen LogP contribution >= 0.6 is 0 Å². The fraction of sp³-hybridized carbons (Fsp3) is 0.263. The summed E-state index contributed by atoms with van der Waals surface area (Å²) in [4.78, 5) is 12.1. The molecule has 2 aromatic heterocycles. The van der Waals surface area contributed by atoms with E-state index in [1.165, 1.54) is 53.6 Å². The quantitative estimate of drug-likeness (QED) is 0.217. The first-order valence-electron chi connectivity index (χ1n) is 15.0. The van der Waals surface area contributed by atoms with Crippen molar-refractivity contribution in [3.8, 4) is 22.5 Å². The van der Waals surface area contributed by atoms with E-state index in [2.05, 4.69) is 117 Å². The summed E-state index contributed by atoms with van der Waals surface area (Å²) in [5.74, 6) is 2.54. The van der Waals surface area contributed by atoms with Crippen LogP contribution in [0, 0.1) is 32.6 Å². The molecule has 3 atom stereocenters. The van der Waals surface area contributed by atoms with Gasteiger partial charge in [0.15, 0.2) is 0 Å². The van der Waals surface area contributed by atoms with E-state index >= 15 is 0 Å². The topological polar surface area (TPSA) is 29.0 Å². The van der Waals surface area contributed by atoms with Gasteiger partial charge in [0.2, 0.25) is 0 Å². The Kier molecular flexibility index (Phi) is 6.66. The molecule has 41 heavy (non-hydrogen) atoms. The molecule has 2 saturated carbocycles. The van der Waals surface area contributed by atoms with Crippen LogP contribution in [0.15, 0.2) is 103 Å². The smallest absolute Gasteiger partial charge is 0.0703 e. The second-order valence-corrected chi connectivity index (χ2v) is 12.2. The molecular weight excluding hydrogens is 498 g/mol. The van der Waals surface area contributed by atoms with Gasteiger partial charge in [-0.2, -0.15) is 0 Å². The molecule has 0 saturated heterocycles. The second-order valence-electron chi connectivity index (χ2n) is 12.2. The normalized spacial score (nSPS) is 19.4. The monoisotopic (exact) mass is 535 g/mol. The number of hydrogen-bond donors (Lipinski definition) is 0. The Balaban J connectivity index is 1.27. The number of benzene rings is 3. The molecule has 2 fully saturated rings. The summed E-state index contributed by atoms with van der Waals surface area (Å²) >= 11 is 0. The van der Waals surface area contributed by atoms with E-state index in [1.807, 2.05) is 12.4 Å². The third-order valence-electron chi connectivity index (χ3n) is 9.27. The third kappa shape index (κ3) is 5.06. The van der Waals surface area contributed by atoms with Crippen molar-refractivity contribution in [3.63, 3.8) is 0 Å². The van der Waals surface area contributed by atoms with Crippen molar-refractivity contribution in [3.05, 3.63) is 126 Å². The summed E-state index contributed by atoms with van der Waals surface area (Å²) in [6, 6.07) is 32.8. The van der Waals surface area contributed by atoms with E-state index in [1.54, 1.807) is 0 Å². The van der Waals surface area contributed by atoms with Gasteiger partial charge < -0.3 is 4.90 Å². The van der Waals surface area contributed by atoms with E-state index in [0.717, 1.165) is 51.6 Å². The summed E-state index contributed by atoms with van der Waals surface area (Å²) in [6.07, 6.45) is 9.62. The lowest BCUT2D eigenvalue weighted by Gasteiger charge is -2.28. The minimum atomic E-state index is 0.723. The fourth-order valence-electron chi connectivity index (χ4n) is 7.23. The molecule has 0 spiro atoms. The molecule has 0 radical (unpaired) electrons. The lowest BCUT2D eigenvalue weighted by Crippen LogP contribution is -2.13. The predicted octanol–water partition coefficient (Wildman–Crippen LogP) is 10.1. The number of aromatic nitrogens is 2. The Morgan fingerprint density at radius 3 is 1.73 bits per heavy atom. The standard InChI is InChI=1S/C38H37N3/c1-25-6-4-8-31(18-25)36-15-13-33(23-39-36)41(34-14-16-37(40-24-34)32-9-5-7-26(2)19-32)38-17-12-29(20-27(38)3)35-22-28-10-11-30(35)21-28/h4-9,12-20,23-24,28,30,35H,10-11,21-22H2,1-3H3. The summed E-state index contributed by atoms with van der Waals surface area (Å²) in [7, 11) is 0. The van der Waals surface area contributed by atoms with Crippen molar-refractivity contribution >= 4 is 17.1 Å². The number of anilines is 3. The van der Waals surface area contributed by atoms with Gasteiger partial charge in [-0.05, 0) is 111 Å². The van der Waals surface area contributed by atoms with Gasteiger partial charge in [-0.3, -0.25) is 9.97 Å². The molecule has 3 heteroatoms. The molecular formula is C38H37N3. The molecule has 2 heterocycles. The van der Waals surface area contributed by atoms with Crippen molar-refractivity contribution in [2.45, 2.75) is 52.4 Å². The number of fused-ring (bicyclic) bond motifs is 2. The predicted molar refractivity (Wildman–Crippen MR) is 170 cm³/mol. The van der Waals surface area contributed by atoms with Gasteiger partial charge in [-0.15, -0.1) is 0 Å². The number of aryl methyl sites for hydroxylation is 3. The molecule has 0 N–H and O–H groups in total. The van der Waals surface area contributed by atoms with Crippen molar-refractivity contribution in [1.29, 1.82) is 0 Å². The summed E-state index contributed by atoms with van der Waals surface area (Å²) < 4.78 is 0. The fourth-order valence-corrected chi connectivity index (χ4v) is 7.23. The van der Waals surface area contributed by atoms with Crippen LogP contribution in [0.5, 0.6) is 0 Å². The highest BCUT2D eigenvalue weighted by atomic mass is 15.2. The molecule has 0 aliphatic heterocycles. The minimum Gasteiger partial charge on any atom is -0.307 e. The van der Waals surface area contributed by atoms with Gasteiger partial charge in [0, 0.05) is 16.8 Å². The SMILES string of the molecule is Cc1cccc(-c2ccc(N(c3ccc(-c4cccc(C)c4)nc3)c3ccc(C4CC5CCC4C5)cc3C)cn2)c1. The summed E-state index contributed by atoms with van der Waals surface area (Å²) in [6.45, 7) is 6.49. The zero-order chi connectivity index (χ0) is 27.9. The van der Waals surface area contributed by atoms with Gasteiger partial charge >= 0.3 is 0 Å². The first kappa shape index (κ1) is 25.7. The highest BCUT2D eigenvalue weighted by Crippen LogP contribution is 2.53. The first-order chi connectivity index (χ1) is 20.0. The van der Waals surface area contributed by atoms with Crippen LogP contribution in [-0.4, -0.2) is 9.97 Å². The Morgan fingerprint density at radius 2 is 1.27 bits per heavy atom. The molecule has 204 valence electrons. The molecule has 2 aliphatic rings. The maximum atomic E-state index is 4.91. The number of nitrogens with zero attached hydrogens (tertiary/aromatic N) is 3. The highest BCUT2D eigenvalue weighted by molar-refractivity contribution is 5.79. The minimum absolute atomic E-state index is 0.723. The van der Waals surface area contributed by atoms with Gasteiger partial charge in [0.25, 0.3) is 0 Å². The largest absolute Gasteiger partial charge is 0.307 e. The lowest BCUT2D eigenvalue weighted by molar-refractivity contribution is 0.420. The van der Waals surface area contributed by atoms with Crippen LogP contribution in [-0.2, 0) is 0 Å². The zero-order valence-electron chi connectivity index (χ0n) is 24.2. The van der Waals surface area contributed by atoms with Crippen LogP contribution < -0.4 is 4.90 Å².